The highest BCUT2D eigenvalue weighted by atomic mass is 31.2. The van der Waals surface area contributed by atoms with E-state index in [4.69, 9.17) is 9.05 Å². The largest absolute Gasteiger partial charge is 0.335 e. The molecule has 2 aromatic carbocycles. The average molecular weight is 388 g/mol. The Labute approximate surface area is 164 Å². The van der Waals surface area contributed by atoms with Crippen LogP contribution in [0.3, 0.4) is 0 Å². The lowest BCUT2D eigenvalue weighted by Gasteiger charge is -2.43. The lowest BCUT2D eigenvalue weighted by atomic mass is 9.77. The van der Waals surface area contributed by atoms with Crippen molar-refractivity contribution >= 4 is 7.60 Å². The molecule has 0 saturated heterocycles. The van der Waals surface area contributed by atoms with Gasteiger partial charge in [0.25, 0.3) is 0 Å². The third-order valence-electron chi connectivity index (χ3n) is 4.46. The van der Waals surface area contributed by atoms with Crippen molar-refractivity contribution in [2.75, 3.05) is 0 Å². The zero-order valence-corrected chi connectivity index (χ0v) is 18.3. The van der Waals surface area contributed by atoms with E-state index in [0.29, 0.717) is 0 Å². The van der Waals surface area contributed by atoms with E-state index in [1.165, 1.54) is 0 Å². The van der Waals surface area contributed by atoms with Crippen molar-refractivity contribution in [3.63, 3.8) is 0 Å². The number of hydrogen-bond donors (Lipinski definition) is 0. The Morgan fingerprint density at radius 1 is 0.704 bits per heavy atom. The molecule has 0 aliphatic rings. The first kappa shape index (κ1) is 21.9. The minimum Gasteiger partial charge on any atom is -0.304 e. The fourth-order valence-corrected chi connectivity index (χ4v) is 6.84. The van der Waals surface area contributed by atoms with Gasteiger partial charge >= 0.3 is 7.60 Å². The number of rotatable bonds is 7. The van der Waals surface area contributed by atoms with Crippen molar-refractivity contribution in [3.05, 3.63) is 71.8 Å². The maximum Gasteiger partial charge on any atom is 0.335 e. The Hall–Kier alpha value is -1.41. The van der Waals surface area contributed by atoms with Crippen LogP contribution >= 0.6 is 7.60 Å². The van der Waals surface area contributed by atoms with Gasteiger partial charge in [-0.2, -0.15) is 0 Å². The normalized spacial score (nSPS) is 13.1. The molecule has 2 rings (SSSR count). The van der Waals surface area contributed by atoms with E-state index in [-0.39, 0.29) is 29.7 Å². The molecule has 0 bridgehead atoms. The summed E-state index contributed by atoms with van der Waals surface area (Å²) in [6.07, 6.45) is 0. The van der Waals surface area contributed by atoms with Gasteiger partial charge in [-0.05, 0) is 22.0 Å². The summed E-state index contributed by atoms with van der Waals surface area (Å²) in [4.78, 5) is 0. The molecule has 0 spiro atoms. The Morgan fingerprint density at radius 3 is 1.33 bits per heavy atom. The summed E-state index contributed by atoms with van der Waals surface area (Å²) in [5.74, 6) is 0. The lowest BCUT2D eigenvalue weighted by Crippen LogP contribution is -2.39. The van der Waals surface area contributed by atoms with Gasteiger partial charge < -0.3 is 9.05 Å². The zero-order valence-electron chi connectivity index (χ0n) is 17.4. The summed E-state index contributed by atoms with van der Waals surface area (Å²) in [7, 11) is -3.40. The van der Waals surface area contributed by atoms with Crippen LogP contribution in [0.25, 0.3) is 0 Å². The summed E-state index contributed by atoms with van der Waals surface area (Å²) in [5.41, 5.74) is 1.26. The molecule has 2 aromatic rings. The van der Waals surface area contributed by atoms with Crippen molar-refractivity contribution < 1.29 is 13.6 Å². The van der Waals surface area contributed by atoms with Gasteiger partial charge in [0.15, 0.2) is 0 Å². The minimum atomic E-state index is -3.40. The molecular formula is C23H33O3P. The van der Waals surface area contributed by atoms with Crippen LogP contribution in [0.15, 0.2) is 60.7 Å². The third kappa shape index (κ3) is 6.31. The SMILES string of the molecule is CC(C)(C)C(C(C)(C)C)P(=O)(OCc1ccccc1)OCc1ccccc1. The average Bonchev–Trinajstić information content (AvgIpc) is 2.58. The van der Waals surface area contributed by atoms with Crippen molar-refractivity contribution in [2.24, 2.45) is 10.8 Å². The summed E-state index contributed by atoms with van der Waals surface area (Å²) in [5, 5.41) is 0. The van der Waals surface area contributed by atoms with E-state index in [1.54, 1.807) is 0 Å². The standard InChI is InChI=1S/C23H33O3P/c1-22(2,3)21(23(4,5)6)27(24,25-17-19-13-9-7-10-14-19)26-18-20-15-11-8-12-16-20/h7-16,21H,17-18H2,1-6H3. The highest BCUT2D eigenvalue weighted by Crippen LogP contribution is 2.64. The Morgan fingerprint density at radius 2 is 1.04 bits per heavy atom. The van der Waals surface area contributed by atoms with Crippen LogP contribution in [0, 0.1) is 10.8 Å². The second-order valence-corrected chi connectivity index (χ2v) is 11.3. The predicted octanol–water partition coefficient (Wildman–Crippen LogP) is 7.07. The molecule has 0 aliphatic carbocycles. The van der Waals surface area contributed by atoms with Gasteiger partial charge in [-0.3, -0.25) is 4.57 Å². The first-order valence-corrected chi connectivity index (χ1v) is 11.1. The monoisotopic (exact) mass is 388 g/mol. The van der Waals surface area contributed by atoms with E-state index in [9.17, 15) is 4.57 Å². The Balaban J connectivity index is 2.31. The van der Waals surface area contributed by atoms with Crippen LogP contribution < -0.4 is 0 Å². The van der Waals surface area contributed by atoms with Crippen molar-refractivity contribution in [3.8, 4) is 0 Å². The number of benzene rings is 2. The van der Waals surface area contributed by atoms with Crippen LogP contribution in [0.1, 0.15) is 52.7 Å². The first-order valence-electron chi connectivity index (χ1n) is 9.49. The van der Waals surface area contributed by atoms with E-state index in [2.05, 4.69) is 41.5 Å². The maximum atomic E-state index is 14.1. The van der Waals surface area contributed by atoms with E-state index < -0.39 is 7.60 Å². The van der Waals surface area contributed by atoms with Crippen LogP contribution in [-0.4, -0.2) is 5.66 Å². The molecule has 3 nitrogen and oxygen atoms in total. The van der Waals surface area contributed by atoms with Crippen LogP contribution in [0.5, 0.6) is 0 Å². The fourth-order valence-electron chi connectivity index (χ4n) is 3.91. The summed E-state index contributed by atoms with van der Waals surface area (Å²) in [6.45, 7) is 13.2. The van der Waals surface area contributed by atoms with Gasteiger partial charge in [-0.15, -0.1) is 0 Å². The van der Waals surface area contributed by atoms with Gasteiger partial charge in [-0.25, -0.2) is 0 Å². The fraction of sp³-hybridized carbons (Fsp3) is 0.478. The Bertz CT molecular complexity index is 681. The third-order valence-corrected chi connectivity index (χ3v) is 7.62. The van der Waals surface area contributed by atoms with E-state index in [0.717, 1.165) is 11.1 Å². The van der Waals surface area contributed by atoms with E-state index >= 15 is 0 Å². The highest BCUT2D eigenvalue weighted by Gasteiger charge is 2.50. The molecule has 148 valence electrons. The second kappa shape index (κ2) is 8.73. The van der Waals surface area contributed by atoms with Gasteiger partial charge in [0, 0.05) is 0 Å². The molecule has 0 amide bonds. The maximum absolute atomic E-state index is 14.1. The van der Waals surface area contributed by atoms with Crippen LogP contribution in [0.4, 0.5) is 0 Å². The van der Waals surface area contributed by atoms with Gasteiger partial charge in [0.05, 0.1) is 18.9 Å². The van der Waals surface area contributed by atoms with Crippen molar-refractivity contribution in [1.82, 2.24) is 0 Å². The van der Waals surface area contributed by atoms with Gasteiger partial charge in [0.2, 0.25) is 0 Å². The molecule has 0 N–H and O–H groups in total. The quantitative estimate of drug-likeness (QED) is 0.476. The molecule has 4 heteroatoms. The van der Waals surface area contributed by atoms with E-state index in [1.807, 2.05) is 60.7 Å². The molecule has 0 fully saturated rings. The molecule has 0 heterocycles. The van der Waals surface area contributed by atoms with Gasteiger partial charge in [-0.1, -0.05) is 102 Å². The predicted molar refractivity (Wildman–Crippen MR) is 113 cm³/mol. The molecule has 0 saturated carbocycles. The molecule has 0 aromatic heterocycles. The molecule has 0 radical (unpaired) electrons. The topological polar surface area (TPSA) is 35.5 Å². The lowest BCUT2D eigenvalue weighted by molar-refractivity contribution is 0.134. The first-order chi connectivity index (χ1) is 12.5. The van der Waals surface area contributed by atoms with Crippen molar-refractivity contribution in [2.45, 2.75) is 60.4 Å². The molecular weight excluding hydrogens is 355 g/mol. The molecule has 0 aliphatic heterocycles. The summed E-state index contributed by atoms with van der Waals surface area (Å²) in [6, 6.07) is 19.7. The summed E-state index contributed by atoms with van der Waals surface area (Å²) >= 11 is 0. The van der Waals surface area contributed by atoms with Crippen molar-refractivity contribution in [1.29, 1.82) is 0 Å². The highest BCUT2D eigenvalue weighted by molar-refractivity contribution is 7.54. The van der Waals surface area contributed by atoms with Crippen LogP contribution in [-0.2, 0) is 26.8 Å². The summed E-state index contributed by atoms with van der Waals surface area (Å²) < 4.78 is 26.3. The zero-order chi connectivity index (χ0) is 20.1. The Kier molecular flexibility index (Phi) is 7.08. The smallest absolute Gasteiger partial charge is 0.304 e. The molecule has 27 heavy (non-hydrogen) atoms. The molecule has 0 unspecified atom stereocenters. The van der Waals surface area contributed by atoms with Crippen LogP contribution in [0.2, 0.25) is 0 Å². The number of hydrogen-bond acceptors (Lipinski definition) is 3. The van der Waals surface area contributed by atoms with Gasteiger partial charge in [0.1, 0.15) is 0 Å². The minimum absolute atomic E-state index is 0.235. The molecule has 0 atom stereocenters. The second-order valence-electron chi connectivity index (χ2n) is 9.19.